The fourth-order valence-corrected chi connectivity index (χ4v) is 5.38. The second-order valence-electron chi connectivity index (χ2n) is 9.87. The largest absolute Gasteiger partial charge is 0.396 e. The van der Waals surface area contributed by atoms with Crippen LogP contribution in [0.25, 0.3) is 22.5 Å². The number of carbonyl (C=O) groups excluding carboxylic acids is 1. The molecule has 2 N–H and O–H groups in total. The Labute approximate surface area is 242 Å². The fraction of sp³-hybridized carbons (Fsp3) is 0.207. The number of amides is 1. The molecular formula is C29H25BrF2N8O. The number of halogens is 3. The Morgan fingerprint density at radius 1 is 1.07 bits per heavy atom. The van der Waals surface area contributed by atoms with E-state index in [1.165, 1.54) is 0 Å². The van der Waals surface area contributed by atoms with Crippen molar-refractivity contribution in [2.75, 3.05) is 18.8 Å². The highest BCUT2D eigenvalue weighted by molar-refractivity contribution is 9.10. The Bertz CT molecular complexity index is 1700. The topological polar surface area (TPSA) is 108 Å². The van der Waals surface area contributed by atoms with Gasteiger partial charge in [-0.3, -0.25) is 14.5 Å². The minimum atomic E-state index is -0.876. The van der Waals surface area contributed by atoms with Crippen molar-refractivity contribution >= 4 is 27.5 Å². The quantitative estimate of drug-likeness (QED) is 0.203. The maximum absolute atomic E-state index is 14.3. The highest BCUT2D eigenvalue weighted by Gasteiger charge is 2.29. The summed E-state index contributed by atoms with van der Waals surface area (Å²) < 4.78 is 31.6. The number of benzene rings is 2. The summed E-state index contributed by atoms with van der Waals surface area (Å²) >= 11 is 2.86. The molecule has 1 aliphatic heterocycles. The number of likely N-dealkylation sites (tertiary alicyclic amines) is 1. The van der Waals surface area contributed by atoms with Crippen LogP contribution in [-0.2, 0) is 6.54 Å². The molecule has 1 aliphatic rings. The van der Waals surface area contributed by atoms with Crippen LogP contribution in [0.1, 0.15) is 34.8 Å². The van der Waals surface area contributed by atoms with E-state index < -0.39 is 11.6 Å². The van der Waals surface area contributed by atoms with Gasteiger partial charge in [-0.2, -0.15) is 5.10 Å². The Hall–Kier alpha value is -4.45. The van der Waals surface area contributed by atoms with Crippen LogP contribution >= 0.6 is 15.9 Å². The molecule has 1 saturated heterocycles. The molecule has 5 aromatic rings. The van der Waals surface area contributed by atoms with Gasteiger partial charge in [0.15, 0.2) is 5.82 Å². The van der Waals surface area contributed by atoms with E-state index in [0.717, 1.165) is 17.2 Å². The predicted molar refractivity (Wildman–Crippen MR) is 153 cm³/mol. The van der Waals surface area contributed by atoms with Gasteiger partial charge in [0, 0.05) is 42.8 Å². The number of piperidine rings is 1. The van der Waals surface area contributed by atoms with Crippen LogP contribution in [0.15, 0.2) is 77.8 Å². The lowest BCUT2D eigenvalue weighted by Crippen LogP contribution is -2.39. The molecule has 0 saturated carbocycles. The molecule has 0 radical (unpaired) electrons. The first-order valence-corrected chi connectivity index (χ1v) is 13.8. The highest BCUT2D eigenvalue weighted by atomic mass is 79.9. The summed E-state index contributed by atoms with van der Waals surface area (Å²) in [6.45, 7) is 1.53. The third-order valence-corrected chi connectivity index (χ3v) is 7.95. The van der Waals surface area contributed by atoms with Gasteiger partial charge in [-0.05, 0) is 52.5 Å². The minimum absolute atomic E-state index is 0.0368. The van der Waals surface area contributed by atoms with E-state index in [0.29, 0.717) is 43.7 Å². The maximum atomic E-state index is 14.3. The summed E-state index contributed by atoms with van der Waals surface area (Å²) in [6.07, 6.45) is 8.09. The average molecular weight is 619 g/mol. The maximum Gasteiger partial charge on any atom is 0.257 e. The zero-order valence-corrected chi connectivity index (χ0v) is 23.4. The average Bonchev–Trinajstić information content (AvgIpc) is 3.67. The van der Waals surface area contributed by atoms with Crippen molar-refractivity contribution in [2.45, 2.75) is 25.4 Å². The molecule has 3 aromatic heterocycles. The number of hydrogen-bond donors (Lipinski definition) is 1. The van der Waals surface area contributed by atoms with Gasteiger partial charge >= 0.3 is 0 Å². The lowest BCUT2D eigenvalue weighted by atomic mass is 10.0. The van der Waals surface area contributed by atoms with Crippen LogP contribution in [0, 0.1) is 11.6 Å². The molecule has 41 heavy (non-hydrogen) atoms. The van der Waals surface area contributed by atoms with Crippen LogP contribution in [0.2, 0.25) is 0 Å². The van der Waals surface area contributed by atoms with Crippen molar-refractivity contribution in [2.24, 2.45) is 0 Å². The van der Waals surface area contributed by atoms with Crippen molar-refractivity contribution in [3.8, 4) is 22.5 Å². The first-order valence-electron chi connectivity index (χ1n) is 13.0. The molecule has 1 amide bonds. The van der Waals surface area contributed by atoms with Gasteiger partial charge in [-0.15, -0.1) is 5.10 Å². The first-order chi connectivity index (χ1) is 19.9. The van der Waals surface area contributed by atoms with E-state index in [1.54, 1.807) is 34.2 Å². The van der Waals surface area contributed by atoms with E-state index in [1.807, 2.05) is 47.4 Å². The molecule has 12 heteroatoms. The van der Waals surface area contributed by atoms with Gasteiger partial charge in [-0.1, -0.05) is 35.5 Å². The molecule has 6 rings (SSSR count). The first kappa shape index (κ1) is 26.8. The Kier molecular flexibility index (Phi) is 7.31. The standard InChI is InChI=1S/C29H25BrF2N8O/c30-25-23(31)13-21(27(33)26(25)32)24-17-40(37-35-24)20-8-11-38(12-9-20)29(41)22-16-39(15-18-5-2-1-3-6-18)36-28(22)19-7-4-10-34-14-19/h1-7,10,13-14,16-17,20H,8-9,11-12,15,33H2. The number of nitrogens with zero attached hydrogens (tertiary/aromatic N) is 7. The van der Waals surface area contributed by atoms with Gasteiger partial charge in [0.05, 0.1) is 34.5 Å². The molecule has 9 nitrogen and oxygen atoms in total. The highest BCUT2D eigenvalue weighted by Crippen LogP contribution is 2.34. The van der Waals surface area contributed by atoms with Gasteiger partial charge in [0.2, 0.25) is 0 Å². The van der Waals surface area contributed by atoms with E-state index in [2.05, 4.69) is 31.2 Å². The van der Waals surface area contributed by atoms with E-state index in [4.69, 9.17) is 10.8 Å². The molecule has 4 heterocycles. The second kappa shape index (κ2) is 11.2. The number of carbonyl (C=O) groups is 1. The number of nitrogen functional groups attached to an aromatic ring is 1. The molecule has 2 aromatic carbocycles. The zero-order chi connectivity index (χ0) is 28.5. The Morgan fingerprint density at radius 2 is 1.85 bits per heavy atom. The normalized spacial score (nSPS) is 14.0. The van der Waals surface area contributed by atoms with Crippen molar-refractivity contribution in [3.63, 3.8) is 0 Å². The number of hydrogen-bond acceptors (Lipinski definition) is 6. The van der Waals surface area contributed by atoms with E-state index in [-0.39, 0.29) is 33.4 Å². The van der Waals surface area contributed by atoms with E-state index >= 15 is 0 Å². The fourth-order valence-electron chi connectivity index (χ4n) is 5.05. The molecule has 0 atom stereocenters. The monoisotopic (exact) mass is 618 g/mol. The van der Waals surface area contributed by atoms with Crippen LogP contribution in [0.4, 0.5) is 14.5 Å². The summed E-state index contributed by atoms with van der Waals surface area (Å²) in [5.74, 6) is -1.75. The van der Waals surface area contributed by atoms with Crippen molar-refractivity contribution in [1.82, 2.24) is 34.7 Å². The van der Waals surface area contributed by atoms with Gasteiger partial charge < -0.3 is 10.6 Å². The summed E-state index contributed by atoms with van der Waals surface area (Å²) in [4.78, 5) is 19.8. The zero-order valence-electron chi connectivity index (χ0n) is 21.8. The number of nitrogens with two attached hydrogens (primary N) is 1. The second-order valence-corrected chi connectivity index (χ2v) is 10.7. The number of pyridine rings is 1. The smallest absolute Gasteiger partial charge is 0.257 e. The van der Waals surface area contributed by atoms with Crippen molar-refractivity contribution < 1.29 is 13.6 Å². The lowest BCUT2D eigenvalue weighted by Gasteiger charge is -2.31. The Balaban J connectivity index is 1.19. The summed E-state index contributed by atoms with van der Waals surface area (Å²) in [5, 5.41) is 13.1. The van der Waals surface area contributed by atoms with E-state index in [9.17, 15) is 13.6 Å². The minimum Gasteiger partial charge on any atom is -0.396 e. The molecule has 0 spiro atoms. The SMILES string of the molecule is Nc1c(-c2cn(C3CCN(C(=O)c4cn(Cc5ccccc5)nc4-c4cccnc4)CC3)nn2)cc(F)c(Br)c1F. The molecule has 1 fully saturated rings. The third-order valence-electron chi connectivity index (χ3n) is 7.23. The van der Waals surface area contributed by atoms with Crippen LogP contribution in [0.3, 0.4) is 0 Å². The van der Waals surface area contributed by atoms with Crippen molar-refractivity contribution in [3.05, 3.63) is 101 Å². The van der Waals surface area contributed by atoms with Crippen LogP contribution in [0.5, 0.6) is 0 Å². The molecular weight excluding hydrogens is 594 g/mol. The number of rotatable bonds is 6. The Morgan fingerprint density at radius 3 is 2.59 bits per heavy atom. The van der Waals surface area contributed by atoms with Gasteiger partial charge in [0.1, 0.15) is 17.2 Å². The van der Waals surface area contributed by atoms with Gasteiger partial charge in [0.25, 0.3) is 5.91 Å². The third kappa shape index (κ3) is 5.34. The molecule has 208 valence electrons. The predicted octanol–water partition coefficient (Wildman–Crippen LogP) is 5.35. The van der Waals surface area contributed by atoms with Crippen LogP contribution in [-0.4, -0.2) is 53.7 Å². The van der Waals surface area contributed by atoms with Crippen LogP contribution < -0.4 is 5.73 Å². The molecule has 0 bridgehead atoms. The molecule has 0 unspecified atom stereocenters. The molecule has 0 aliphatic carbocycles. The summed E-state index contributed by atoms with van der Waals surface area (Å²) in [6, 6.07) is 14.8. The number of aromatic nitrogens is 6. The summed E-state index contributed by atoms with van der Waals surface area (Å²) in [5.41, 5.74) is 9.04. The van der Waals surface area contributed by atoms with Crippen molar-refractivity contribution in [1.29, 1.82) is 0 Å². The number of anilines is 1. The summed E-state index contributed by atoms with van der Waals surface area (Å²) in [7, 11) is 0. The lowest BCUT2D eigenvalue weighted by molar-refractivity contribution is 0.0690. The van der Waals surface area contributed by atoms with Gasteiger partial charge in [-0.25, -0.2) is 13.5 Å².